The molecule has 6 heteroatoms. The topological polar surface area (TPSA) is 59.9 Å². The average molecular weight is 277 g/mol. The molecule has 1 aliphatic heterocycles. The Balaban J connectivity index is 1.75. The van der Waals surface area contributed by atoms with Crippen LogP contribution in [0.15, 0.2) is 34.2 Å². The van der Waals surface area contributed by atoms with Crippen LogP contribution in [0.5, 0.6) is 0 Å². The zero-order chi connectivity index (χ0) is 13.2. The first-order chi connectivity index (χ1) is 9.25. The van der Waals surface area contributed by atoms with Crippen LogP contribution in [-0.4, -0.2) is 27.1 Å². The van der Waals surface area contributed by atoms with E-state index in [-0.39, 0.29) is 11.8 Å². The van der Waals surface area contributed by atoms with Gasteiger partial charge >= 0.3 is 5.69 Å². The number of aromatic nitrogens is 3. The Morgan fingerprint density at radius 1 is 1.53 bits per heavy atom. The van der Waals surface area contributed by atoms with Crippen molar-refractivity contribution in [2.45, 2.75) is 17.7 Å². The Morgan fingerprint density at radius 3 is 3.16 bits per heavy atom. The zero-order valence-electron chi connectivity index (χ0n) is 10.6. The van der Waals surface area contributed by atoms with Gasteiger partial charge < -0.3 is 4.74 Å². The zero-order valence-corrected chi connectivity index (χ0v) is 11.4. The van der Waals surface area contributed by atoms with Gasteiger partial charge in [-0.1, -0.05) is 36.0 Å². The fourth-order valence-corrected chi connectivity index (χ4v) is 3.19. The number of benzene rings is 1. The van der Waals surface area contributed by atoms with Gasteiger partial charge in [-0.2, -0.15) is 0 Å². The number of aromatic amines is 1. The highest BCUT2D eigenvalue weighted by molar-refractivity contribution is 7.99. The lowest BCUT2D eigenvalue weighted by atomic mass is 9.99. The molecule has 1 aromatic carbocycles. The van der Waals surface area contributed by atoms with Gasteiger partial charge in [-0.05, 0) is 17.5 Å². The fourth-order valence-electron chi connectivity index (χ4n) is 2.23. The smallest absolute Gasteiger partial charge is 0.343 e. The van der Waals surface area contributed by atoms with Crippen molar-refractivity contribution in [3.8, 4) is 0 Å². The van der Waals surface area contributed by atoms with Crippen LogP contribution in [0.2, 0.25) is 0 Å². The van der Waals surface area contributed by atoms with E-state index in [1.165, 1.54) is 27.5 Å². The molecule has 0 saturated heterocycles. The van der Waals surface area contributed by atoms with Gasteiger partial charge in [0.2, 0.25) is 0 Å². The molecule has 1 N–H and O–H groups in total. The number of nitrogens with one attached hydrogen (secondary N) is 1. The minimum absolute atomic E-state index is 0.0711. The first kappa shape index (κ1) is 12.5. The summed E-state index contributed by atoms with van der Waals surface area (Å²) < 4.78 is 7.34. The van der Waals surface area contributed by atoms with E-state index in [1.807, 2.05) is 6.07 Å². The molecule has 2 aromatic rings. The first-order valence-electron chi connectivity index (χ1n) is 6.19. The molecular formula is C13H15N3O2S. The second kappa shape index (κ2) is 5.22. The predicted molar refractivity (Wildman–Crippen MR) is 73.4 cm³/mol. The third-order valence-electron chi connectivity index (χ3n) is 3.29. The summed E-state index contributed by atoms with van der Waals surface area (Å²) in [7, 11) is 1.71. The van der Waals surface area contributed by atoms with E-state index in [0.29, 0.717) is 5.16 Å². The summed E-state index contributed by atoms with van der Waals surface area (Å²) in [6.07, 6.45) is 1.04. The Labute approximate surface area is 115 Å². The van der Waals surface area contributed by atoms with Crippen LogP contribution < -0.4 is 5.69 Å². The molecule has 0 radical (unpaired) electrons. The summed E-state index contributed by atoms with van der Waals surface area (Å²) >= 11 is 1.53. The molecule has 0 bridgehead atoms. The number of hydrogen-bond donors (Lipinski definition) is 1. The van der Waals surface area contributed by atoms with Crippen molar-refractivity contribution in [3.05, 3.63) is 45.9 Å². The van der Waals surface area contributed by atoms with Gasteiger partial charge in [0.15, 0.2) is 5.16 Å². The van der Waals surface area contributed by atoms with E-state index in [4.69, 9.17) is 4.74 Å². The van der Waals surface area contributed by atoms with Crippen molar-refractivity contribution >= 4 is 11.8 Å². The van der Waals surface area contributed by atoms with Crippen LogP contribution in [0.4, 0.5) is 0 Å². The summed E-state index contributed by atoms with van der Waals surface area (Å²) in [4.78, 5) is 11.3. The molecule has 100 valence electrons. The maximum atomic E-state index is 11.3. The molecule has 19 heavy (non-hydrogen) atoms. The molecule has 5 nitrogen and oxygen atoms in total. The third-order valence-corrected chi connectivity index (χ3v) is 4.39. The number of ether oxygens (including phenoxy) is 1. The van der Waals surface area contributed by atoms with Crippen molar-refractivity contribution < 1.29 is 4.74 Å². The average Bonchev–Trinajstić information content (AvgIpc) is 2.76. The monoisotopic (exact) mass is 277 g/mol. The van der Waals surface area contributed by atoms with E-state index in [1.54, 1.807) is 7.05 Å². The van der Waals surface area contributed by atoms with Gasteiger partial charge in [0.25, 0.3) is 0 Å². The van der Waals surface area contributed by atoms with Gasteiger partial charge in [-0.25, -0.2) is 9.89 Å². The lowest BCUT2D eigenvalue weighted by Crippen LogP contribution is -2.18. The van der Waals surface area contributed by atoms with E-state index in [0.717, 1.165) is 18.8 Å². The summed E-state index contributed by atoms with van der Waals surface area (Å²) in [6, 6.07) is 8.37. The van der Waals surface area contributed by atoms with Crippen LogP contribution in [0.3, 0.4) is 0 Å². The molecule has 2 heterocycles. The molecule has 1 aromatic heterocycles. The van der Waals surface area contributed by atoms with E-state index in [9.17, 15) is 4.79 Å². The summed E-state index contributed by atoms with van der Waals surface area (Å²) in [5, 5.41) is 7.12. The second-order valence-electron chi connectivity index (χ2n) is 4.49. The lowest BCUT2D eigenvalue weighted by Gasteiger charge is -2.25. The quantitative estimate of drug-likeness (QED) is 0.864. The minimum atomic E-state index is -0.188. The Hall–Kier alpha value is -1.53. The molecule has 3 rings (SSSR count). The number of hydrogen-bond acceptors (Lipinski definition) is 4. The molecular weight excluding hydrogens is 262 g/mol. The maximum absolute atomic E-state index is 11.3. The van der Waals surface area contributed by atoms with Crippen LogP contribution in [0.25, 0.3) is 0 Å². The molecule has 1 unspecified atom stereocenters. The van der Waals surface area contributed by atoms with Crippen LogP contribution in [-0.2, 0) is 18.2 Å². The van der Waals surface area contributed by atoms with Crippen LogP contribution in [0.1, 0.15) is 17.2 Å². The van der Waals surface area contributed by atoms with Crippen LogP contribution in [0, 0.1) is 0 Å². The third kappa shape index (κ3) is 2.46. The van der Waals surface area contributed by atoms with Gasteiger partial charge in [-0.3, -0.25) is 4.57 Å². The lowest BCUT2D eigenvalue weighted by molar-refractivity contribution is 0.0587. The van der Waals surface area contributed by atoms with Crippen molar-refractivity contribution in [2.24, 2.45) is 7.05 Å². The summed E-state index contributed by atoms with van der Waals surface area (Å²) in [5.74, 6) is 0.759. The van der Waals surface area contributed by atoms with Crippen molar-refractivity contribution in [1.29, 1.82) is 0 Å². The van der Waals surface area contributed by atoms with Crippen molar-refractivity contribution in [3.63, 3.8) is 0 Å². The van der Waals surface area contributed by atoms with Crippen molar-refractivity contribution in [1.82, 2.24) is 14.8 Å². The second-order valence-corrected chi connectivity index (χ2v) is 5.48. The number of fused-ring (bicyclic) bond motifs is 1. The van der Waals surface area contributed by atoms with Gasteiger partial charge in [0.1, 0.15) is 0 Å². The van der Waals surface area contributed by atoms with Crippen LogP contribution >= 0.6 is 11.8 Å². The molecule has 1 aliphatic rings. The number of nitrogens with zero attached hydrogens (tertiary/aromatic N) is 2. The largest absolute Gasteiger partial charge is 0.372 e. The van der Waals surface area contributed by atoms with E-state index < -0.39 is 0 Å². The number of H-pyrrole nitrogens is 1. The normalized spacial score (nSPS) is 18.3. The summed E-state index contributed by atoms with van der Waals surface area (Å²) in [5.41, 5.74) is 2.42. The standard InChI is InChI=1S/C13H15N3O2S/c1-16-12(17)14-15-13(16)19-8-11-10-5-3-2-4-9(10)6-7-18-11/h2-5,11H,6-8H2,1H3,(H,14,17). The van der Waals surface area contributed by atoms with Gasteiger partial charge in [0.05, 0.1) is 12.7 Å². The molecule has 0 spiro atoms. The number of thioether (sulfide) groups is 1. The molecule has 0 amide bonds. The highest BCUT2D eigenvalue weighted by atomic mass is 32.2. The molecule has 1 atom stereocenters. The van der Waals surface area contributed by atoms with E-state index >= 15 is 0 Å². The summed E-state index contributed by atoms with van der Waals surface area (Å²) in [6.45, 7) is 0.752. The Bertz CT molecular complexity index is 635. The predicted octanol–water partition coefficient (Wildman–Crippen LogP) is 1.51. The molecule has 0 aliphatic carbocycles. The SMILES string of the molecule is Cn1c(SCC2OCCc3ccccc32)n[nH]c1=O. The maximum Gasteiger partial charge on any atom is 0.343 e. The van der Waals surface area contributed by atoms with E-state index in [2.05, 4.69) is 28.4 Å². The van der Waals surface area contributed by atoms with Gasteiger partial charge in [-0.15, -0.1) is 5.10 Å². The number of rotatable bonds is 3. The molecule has 0 fully saturated rings. The van der Waals surface area contributed by atoms with Gasteiger partial charge in [0, 0.05) is 12.8 Å². The fraction of sp³-hybridized carbons (Fsp3) is 0.385. The van der Waals surface area contributed by atoms with Crippen molar-refractivity contribution in [2.75, 3.05) is 12.4 Å². The molecule has 0 saturated carbocycles. The highest BCUT2D eigenvalue weighted by Crippen LogP contribution is 2.31. The Kier molecular flexibility index (Phi) is 3.44. The Morgan fingerprint density at radius 2 is 2.37 bits per heavy atom. The highest BCUT2D eigenvalue weighted by Gasteiger charge is 2.21. The first-order valence-corrected chi connectivity index (χ1v) is 7.18. The minimum Gasteiger partial charge on any atom is -0.372 e.